The maximum Gasteiger partial charge on any atom is 0.303 e. The summed E-state index contributed by atoms with van der Waals surface area (Å²) in [4.78, 5) is 13.0. The molecule has 3 nitrogen and oxygen atoms in total. The Morgan fingerprint density at radius 2 is 1.88 bits per heavy atom. The van der Waals surface area contributed by atoms with Gasteiger partial charge < -0.3 is 10.0 Å². The monoisotopic (exact) mass is 241 g/mol. The van der Waals surface area contributed by atoms with Crippen molar-refractivity contribution in [1.29, 1.82) is 0 Å². The van der Waals surface area contributed by atoms with Crippen LogP contribution in [0.15, 0.2) is 0 Å². The summed E-state index contributed by atoms with van der Waals surface area (Å²) in [6, 6.07) is 0.799. The van der Waals surface area contributed by atoms with E-state index in [-0.39, 0.29) is 0 Å². The first-order valence-corrected chi connectivity index (χ1v) is 7.20. The van der Waals surface area contributed by atoms with Crippen molar-refractivity contribution in [1.82, 2.24) is 4.90 Å². The van der Waals surface area contributed by atoms with Crippen LogP contribution in [-0.4, -0.2) is 35.1 Å². The highest BCUT2D eigenvalue weighted by molar-refractivity contribution is 5.66. The molecule has 1 aliphatic rings. The summed E-state index contributed by atoms with van der Waals surface area (Å²) in [5, 5.41) is 8.56. The molecule has 0 aromatic rings. The van der Waals surface area contributed by atoms with Crippen molar-refractivity contribution in [3.63, 3.8) is 0 Å². The fourth-order valence-electron chi connectivity index (χ4n) is 2.81. The van der Waals surface area contributed by atoms with Gasteiger partial charge in [0.2, 0.25) is 0 Å². The first-order chi connectivity index (χ1) is 8.24. The van der Waals surface area contributed by atoms with Crippen molar-refractivity contribution < 1.29 is 9.90 Å². The van der Waals surface area contributed by atoms with Crippen LogP contribution in [-0.2, 0) is 4.79 Å². The molecule has 0 bridgehead atoms. The Bertz CT molecular complexity index is 212. The molecule has 17 heavy (non-hydrogen) atoms. The lowest BCUT2D eigenvalue weighted by Gasteiger charge is -2.33. The molecule has 0 aromatic heterocycles. The van der Waals surface area contributed by atoms with Crippen LogP contribution in [0.4, 0.5) is 0 Å². The number of nitrogens with zero attached hydrogens (tertiary/aromatic N) is 1. The van der Waals surface area contributed by atoms with Crippen molar-refractivity contribution in [2.45, 2.75) is 70.8 Å². The molecule has 3 heteroatoms. The number of hydrogen-bond donors (Lipinski definition) is 1. The van der Waals surface area contributed by atoms with Crippen LogP contribution in [0.1, 0.15) is 64.7 Å². The van der Waals surface area contributed by atoms with Crippen LogP contribution >= 0.6 is 0 Å². The van der Waals surface area contributed by atoms with Crippen molar-refractivity contribution in [3.8, 4) is 0 Å². The minimum absolute atomic E-state index is 0.329. The van der Waals surface area contributed by atoms with Crippen molar-refractivity contribution in [2.75, 3.05) is 13.1 Å². The fraction of sp³-hybridized carbons (Fsp3) is 0.929. The largest absolute Gasteiger partial charge is 0.481 e. The molecule has 100 valence electrons. The summed E-state index contributed by atoms with van der Waals surface area (Å²) in [5.74, 6) is -0.662. The van der Waals surface area contributed by atoms with Gasteiger partial charge in [-0.2, -0.15) is 0 Å². The second-order valence-corrected chi connectivity index (χ2v) is 5.12. The average molecular weight is 241 g/mol. The lowest BCUT2D eigenvalue weighted by Crippen LogP contribution is -2.37. The second kappa shape index (κ2) is 8.51. The van der Waals surface area contributed by atoms with Gasteiger partial charge in [-0.1, -0.05) is 32.6 Å². The van der Waals surface area contributed by atoms with E-state index in [0.717, 1.165) is 38.4 Å². The van der Waals surface area contributed by atoms with Crippen molar-refractivity contribution >= 4 is 5.97 Å². The molecule has 1 fully saturated rings. The molecule has 0 atom stereocenters. The topological polar surface area (TPSA) is 40.5 Å². The molecule has 1 rings (SSSR count). The van der Waals surface area contributed by atoms with Crippen LogP contribution in [0.3, 0.4) is 0 Å². The molecular weight excluding hydrogens is 214 g/mol. The Balaban J connectivity index is 2.11. The molecule has 0 spiro atoms. The lowest BCUT2D eigenvalue weighted by atomic mass is 9.94. The molecular formula is C14H27NO2. The average Bonchev–Trinajstić information content (AvgIpc) is 2.34. The van der Waals surface area contributed by atoms with Gasteiger partial charge >= 0.3 is 5.97 Å². The Morgan fingerprint density at radius 3 is 2.47 bits per heavy atom. The lowest BCUT2D eigenvalue weighted by molar-refractivity contribution is -0.137. The van der Waals surface area contributed by atoms with Gasteiger partial charge in [0.15, 0.2) is 0 Å². The molecule has 1 aliphatic carbocycles. The van der Waals surface area contributed by atoms with Gasteiger partial charge in [-0.3, -0.25) is 4.79 Å². The van der Waals surface area contributed by atoms with E-state index in [2.05, 4.69) is 11.8 Å². The van der Waals surface area contributed by atoms with Gasteiger partial charge in [0.05, 0.1) is 0 Å². The summed E-state index contributed by atoms with van der Waals surface area (Å²) < 4.78 is 0. The number of carboxylic acid groups (broad SMARTS) is 1. The third-order valence-corrected chi connectivity index (χ3v) is 3.83. The van der Waals surface area contributed by atoms with Crippen LogP contribution in [0.25, 0.3) is 0 Å². The first-order valence-electron chi connectivity index (χ1n) is 7.20. The number of hydrogen-bond acceptors (Lipinski definition) is 2. The van der Waals surface area contributed by atoms with E-state index in [1.807, 2.05) is 0 Å². The Kier molecular flexibility index (Phi) is 7.25. The van der Waals surface area contributed by atoms with E-state index < -0.39 is 5.97 Å². The second-order valence-electron chi connectivity index (χ2n) is 5.12. The molecule has 0 heterocycles. The summed E-state index contributed by atoms with van der Waals surface area (Å²) in [5.41, 5.74) is 0. The van der Waals surface area contributed by atoms with E-state index in [0.29, 0.717) is 6.42 Å². The van der Waals surface area contributed by atoms with Gasteiger partial charge in [0, 0.05) is 12.5 Å². The predicted octanol–water partition coefficient (Wildman–Crippen LogP) is 3.29. The number of aliphatic carboxylic acids is 1. The number of rotatable bonds is 8. The quantitative estimate of drug-likeness (QED) is 0.663. The molecule has 0 radical (unpaired) electrons. The Morgan fingerprint density at radius 1 is 1.18 bits per heavy atom. The van der Waals surface area contributed by atoms with E-state index in [1.54, 1.807) is 0 Å². The Hall–Kier alpha value is -0.570. The maximum atomic E-state index is 10.4. The van der Waals surface area contributed by atoms with E-state index in [1.165, 1.54) is 32.1 Å². The number of unbranched alkanes of at least 4 members (excludes halogenated alkanes) is 2. The fourth-order valence-corrected chi connectivity index (χ4v) is 2.81. The van der Waals surface area contributed by atoms with Crippen LogP contribution < -0.4 is 0 Å². The van der Waals surface area contributed by atoms with Crippen LogP contribution in [0, 0.1) is 0 Å². The smallest absolute Gasteiger partial charge is 0.303 e. The molecule has 1 N–H and O–H groups in total. The zero-order chi connectivity index (χ0) is 12.5. The standard InChI is InChI=1S/C14H27NO2/c1-2-15(13-9-5-3-6-10-13)12-8-4-7-11-14(16)17/h13H,2-12H2,1H3,(H,16,17). The number of carbonyl (C=O) groups is 1. The van der Waals surface area contributed by atoms with Gasteiger partial charge in [0.1, 0.15) is 0 Å². The first kappa shape index (κ1) is 14.5. The molecule has 0 aromatic carbocycles. The summed E-state index contributed by atoms with van der Waals surface area (Å²) in [7, 11) is 0. The highest BCUT2D eigenvalue weighted by Gasteiger charge is 2.18. The third-order valence-electron chi connectivity index (χ3n) is 3.83. The SMILES string of the molecule is CCN(CCCCCC(=O)O)C1CCCCC1. The minimum Gasteiger partial charge on any atom is -0.481 e. The van der Waals surface area contributed by atoms with Gasteiger partial charge in [-0.05, 0) is 38.8 Å². The third kappa shape index (κ3) is 6.06. The number of carboxylic acids is 1. The normalized spacial score (nSPS) is 17.5. The van der Waals surface area contributed by atoms with Gasteiger partial charge in [-0.15, -0.1) is 0 Å². The van der Waals surface area contributed by atoms with Gasteiger partial charge in [0.25, 0.3) is 0 Å². The maximum absolute atomic E-state index is 10.4. The predicted molar refractivity (Wildman–Crippen MR) is 70.2 cm³/mol. The molecule has 0 saturated heterocycles. The molecule has 0 aliphatic heterocycles. The highest BCUT2D eigenvalue weighted by atomic mass is 16.4. The van der Waals surface area contributed by atoms with Crippen LogP contribution in [0.2, 0.25) is 0 Å². The van der Waals surface area contributed by atoms with E-state index >= 15 is 0 Å². The minimum atomic E-state index is -0.662. The summed E-state index contributed by atoms with van der Waals surface area (Å²) in [6.07, 6.45) is 10.3. The zero-order valence-electron chi connectivity index (χ0n) is 11.2. The molecule has 0 unspecified atom stereocenters. The molecule has 0 amide bonds. The van der Waals surface area contributed by atoms with Crippen LogP contribution in [0.5, 0.6) is 0 Å². The zero-order valence-corrected chi connectivity index (χ0v) is 11.2. The highest BCUT2D eigenvalue weighted by Crippen LogP contribution is 2.22. The van der Waals surface area contributed by atoms with Crippen molar-refractivity contribution in [3.05, 3.63) is 0 Å². The van der Waals surface area contributed by atoms with E-state index in [4.69, 9.17) is 5.11 Å². The van der Waals surface area contributed by atoms with Gasteiger partial charge in [-0.25, -0.2) is 0 Å². The summed E-state index contributed by atoms with van der Waals surface area (Å²) in [6.45, 7) is 4.54. The molecule has 1 saturated carbocycles. The Labute approximate surface area is 105 Å². The van der Waals surface area contributed by atoms with E-state index in [9.17, 15) is 4.79 Å². The van der Waals surface area contributed by atoms with Crippen molar-refractivity contribution in [2.24, 2.45) is 0 Å². The summed E-state index contributed by atoms with van der Waals surface area (Å²) >= 11 is 0.